The Hall–Kier alpha value is -7.32. The van der Waals surface area contributed by atoms with E-state index in [2.05, 4.69) is 206 Å². The Morgan fingerprint density at radius 3 is 1.19 bits per heavy atom. The molecule has 0 N–H and O–H groups in total. The van der Waals surface area contributed by atoms with Crippen LogP contribution < -0.4 is 0 Å². The van der Waals surface area contributed by atoms with Crippen molar-refractivity contribution in [3.8, 4) is 33.4 Å². The molecule has 0 fully saturated rings. The lowest BCUT2D eigenvalue weighted by molar-refractivity contribution is 1.66. The molecule has 0 unspecified atom stereocenters. The molecule has 13 rings (SSSR count). The quantitative estimate of drug-likeness (QED) is 0.124. The molecule has 1 aromatic heterocycles. The highest BCUT2D eigenvalue weighted by Crippen LogP contribution is 2.51. The first-order valence-electron chi connectivity index (χ1n) is 20.4. The maximum atomic E-state index is 2.46. The van der Waals surface area contributed by atoms with E-state index in [4.69, 9.17) is 0 Å². The maximum absolute atomic E-state index is 2.46. The highest BCUT2D eigenvalue weighted by Gasteiger charge is 2.21. The molecule has 0 atom stereocenters. The van der Waals surface area contributed by atoms with E-state index < -0.39 is 0 Å². The van der Waals surface area contributed by atoms with Gasteiger partial charge in [0, 0.05) is 30.9 Å². The summed E-state index contributed by atoms with van der Waals surface area (Å²) in [5.41, 5.74) is 7.56. The molecule has 1 heterocycles. The van der Waals surface area contributed by atoms with Crippen LogP contribution in [0.25, 0.3) is 129 Å². The number of benzene rings is 12. The predicted molar refractivity (Wildman–Crippen MR) is 258 cm³/mol. The predicted octanol–water partition coefficient (Wildman–Crippen LogP) is 17.1. The van der Waals surface area contributed by atoms with Crippen LogP contribution in [0, 0.1) is 0 Å². The minimum absolute atomic E-state index is 1.23. The van der Waals surface area contributed by atoms with Gasteiger partial charge in [0.1, 0.15) is 0 Å². The summed E-state index contributed by atoms with van der Waals surface area (Å²) in [5, 5.41) is 20.9. The second kappa shape index (κ2) is 12.6. The van der Waals surface area contributed by atoms with Crippen LogP contribution in [0.4, 0.5) is 0 Å². The molecule has 1 heteroatoms. The number of hydrogen-bond acceptors (Lipinski definition) is 1. The average molecular weight is 763 g/mol. The third kappa shape index (κ3) is 4.65. The van der Waals surface area contributed by atoms with E-state index in [1.165, 1.54) is 129 Å². The van der Waals surface area contributed by atoms with E-state index in [0.717, 1.165) is 0 Å². The number of thiophene rings is 1. The molecule has 0 saturated carbocycles. The van der Waals surface area contributed by atoms with Crippen LogP contribution in [0.5, 0.6) is 0 Å². The molecule has 59 heavy (non-hydrogen) atoms. The summed E-state index contributed by atoms with van der Waals surface area (Å²) in [6.07, 6.45) is 0. The molecule has 0 aliphatic rings. The molecule has 272 valence electrons. The fraction of sp³-hybridized carbons (Fsp3) is 0. The van der Waals surface area contributed by atoms with Crippen LogP contribution in [-0.2, 0) is 0 Å². The molecule has 0 spiro atoms. The van der Waals surface area contributed by atoms with Gasteiger partial charge in [-0.3, -0.25) is 0 Å². The normalized spacial score (nSPS) is 12.1. The minimum Gasteiger partial charge on any atom is -0.134 e. The summed E-state index contributed by atoms with van der Waals surface area (Å²) in [7, 11) is 0. The fourth-order valence-electron chi connectivity index (χ4n) is 10.3. The lowest BCUT2D eigenvalue weighted by Gasteiger charge is -2.19. The third-order valence-corrected chi connectivity index (χ3v) is 14.1. The lowest BCUT2D eigenvalue weighted by Crippen LogP contribution is -1.92. The topological polar surface area (TPSA) is 0 Å². The Kier molecular flexibility index (Phi) is 6.98. The molecule has 0 saturated heterocycles. The van der Waals surface area contributed by atoms with E-state index >= 15 is 0 Å². The van der Waals surface area contributed by atoms with Gasteiger partial charge in [-0.15, -0.1) is 11.3 Å². The summed E-state index contributed by atoms with van der Waals surface area (Å²) in [6, 6.07) is 76.7. The number of rotatable bonds is 3. The van der Waals surface area contributed by atoms with Gasteiger partial charge >= 0.3 is 0 Å². The highest BCUT2D eigenvalue weighted by molar-refractivity contribution is 7.28. The van der Waals surface area contributed by atoms with Crippen molar-refractivity contribution in [2.45, 2.75) is 0 Å². The van der Waals surface area contributed by atoms with Crippen molar-refractivity contribution in [1.29, 1.82) is 0 Å². The van der Waals surface area contributed by atoms with Gasteiger partial charge in [-0.25, -0.2) is 0 Å². The SMILES string of the molecule is c1ccc(-c2c3ccccc3c(-c3ccc(-c4ccc5c(c4)c4ccccc4c4c5sc5c6ccccc6c6ccccc6c54)c4ccccc34)c3ccccc23)cc1. The molecule has 0 aliphatic heterocycles. The molecule has 0 nitrogen and oxygen atoms in total. The lowest BCUT2D eigenvalue weighted by atomic mass is 9.83. The Bertz CT molecular complexity index is 3830. The highest BCUT2D eigenvalue weighted by atomic mass is 32.1. The summed E-state index contributed by atoms with van der Waals surface area (Å²) >= 11 is 1.96. The first-order chi connectivity index (χ1) is 29.3. The van der Waals surface area contributed by atoms with Crippen molar-refractivity contribution in [3.63, 3.8) is 0 Å². The zero-order chi connectivity index (χ0) is 38.6. The van der Waals surface area contributed by atoms with Gasteiger partial charge < -0.3 is 0 Å². The second-order valence-corrected chi connectivity index (χ2v) is 16.8. The van der Waals surface area contributed by atoms with Crippen LogP contribution in [0.2, 0.25) is 0 Å². The zero-order valence-corrected chi connectivity index (χ0v) is 32.9. The molecule has 12 aromatic carbocycles. The molecule has 0 amide bonds. The van der Waals surface area contributed by atoms with Crippen LogP contribution >= 0.6 is 11.3 Å². The maximum Gasteiger partial charge on any atom is 0.0440 e. The van der Waals surface area contributed by atoms with Gasteiger partial charge in [-0.05, 0) is 104 Å². The Labute approximate surface area is 344 Å². The first-order valence-corrected chi connectivity index (χ1v) is 21.2. The second-order valence-electron chi connectivity index (χ2n) is 15.8. The van der Waals surface area contributed by atoms with E-state index in [9.17, 15) is 0 Å². The monoisotopic (exact) mass is 762 g/mol. The van der Waals surface area contributed by atoms with Crippen molar-refractivity contribution in [2.24, 2.45) is 0 Å². The molecule has 13 aromatic rings. The van der Waals surface area contributed by atoms with E-state index in [0.29, 0.717) is 0 Å². The van der Waals surface area contributed by atoms with E-state index in [1.54, 1.807) is 0 Å². The van der Waals surface area contributed by atoms with E-state index in [-0.39, 0.29) is 0 Å². The summed E-state index contributed by atoms with van der Waals surface area (Å²) < 4.78 is 2.73. The van der Waals surface area contributed by atoms with Crippen molar-refractivity contribution in [1.82, 2.24) is 0 Å². The minimum atomic E-state index is 1.23. The smallest absolute Gasteiger partial charge is 0.0440 e. The number of fused-ring (bicyclic) bond motifs is 16. The van der Waals surface area contributed by atoms with E-state index in [1.807, 2.05) is 11.3 Å². The van der Waals surface area contributed by atoms with Crippen molar-refractivity contribution in [2.75, 3.05) is 0 Å². The van der Waals surface area contributed by atoms with Gasteiger partial charge in [0.15, 0.2) is 0 Å². The molecule has 0 aliphatic carbocycles. The van der Waals surface area contributed by atoms with Crippen molar-refractivity contribution >= 4 is 107 Å². The largest absolute Gasteiger partial charge is 0.134 e. The number of hydrogen-bond donors (Lipinski definition) is 0. The van der Waals surface area contributed by atoms with Gasteiger partial charge in [0.25, 0.3) is 0 Å². The zero-order valence-electron chi connectivity index (χ0n) is 32.0. The van der Waals surface area contributed by atoms with Gasteiger partial charge in [0.05, 0.1) is 0 Å². The summed E-state index contributed by atoms with van der Waals surface area (Å²) in [6.45, 7) is 0. The fourth-order valence-corrected chi connectivity index (χ4v) is 11.8. The summed E-state index contributed by atoms with van der Waals surface area (Å²) in [4.78, 5) is 0. The Morgan fingerprint density at radius 2 is 0.610 bits per heavy atom. The molecular weight excluding hydrogens is 729 g/mol. The van der Waals surface area contributed by atoms with Crippen molar-refractivity contribution < 1.29 is 0 Å². The first kappa shape index (κ1) is 32.7. The Balaban J connectivity index is 1.08. The van der Waals surface area contributed by atoms with Crippen LogP contribution in [-0.4, -0.2) is 0 Å². The molecule has 0 radical (unpaired) electrons. The van der Waals surface area contributed by atoms with Gasteiger partial charge in [-0.2, -0.15) is 0 Å². The van der Waals surface area contributed by atoms with Crippen LogP contribution in [0.15, 0.2) is 206 Å². The molecule has 0 bridgehead atoms. The van der Waals surface area contributed by atoms with Gasteiger partial charge in [-0.1, -0.05) is 200 Å². The third-order valence-electron chi connectivity index (χ3n) is 12.8. The summed E-state index contributed by atoms with van der Waals surface area (Å²) in [5.74, 6) is 0. The van der Waals surface area contributed by atoms with Crippen LogP contribution in [0.3, 0.4) is 0 Å². The van der Waals surface area contributed by atoms with Gasteiger partial charge in [0.2, 0.25) is 0 Å². The molecular formula is C58H34S. The standard InChI is InChI=1S/C58H34S/c1-2-16-35(17-3-1)53-45-25-11-13-27-47(45)54(48-28-14-12-26-46(48)53)49-33-32-37(38-18-4-5-19-39(38)49)36-30-31-51-52(34-36)42-22-7-10-24-44(42)56-55-43-23-9-6-20-40(43)41-21-8-15-29-50(41)57(55)59-58(51)56/h1-34H. The average Bonchev–Trinajstić information content (AvgIpc) is 3.73. The van der Waals surface area contributed by atoms with Crippen molar-refractivity contribution in [3.05, 3.63) is 206 Å². The Morgan fingerprint density at radius 1 is 0.220 bits per heavy atom. The van der Waals surface area contributed by atoms with Crippen LogP contribution in [0.1, 0.15) is 0 Å².